The van der Waals surface area contributed by atoms with Gasteiger partial charge in [0.15, 0.2) is 0 Å². The summed E-state index contributed by atoms with van der Waals surface area (Å²) in [5, 5.41) is 0. The Labute approximate surface area is 105 Å². The van der Waals surface area contributed by atoms with E-state index in [0.717, 1.165) is 0 Å². The van der Waals surface area contributed by atoms with Gasteiger partial charge in [0.05, 0.1) is 24.7 Å². The Bertz CT molecular complexity index is 338. The molecule has 0 amide bonds. The van der Waals surface area contributed by atoms with Crippen LogP contribution in [-0.4, -0.2) is 53.3 Å². The van der Waals surface area contributed by atoms with Gasteiger partial charge in [0, 0.05) is 11.8 Å². The lowest BCUT2D eigenvalue weighted by Crippen LogP contribution is -2.21. The highest BCUT2D eigenvalue weighted by Crippen LogP contribution is 2.00. The van der Waals surface area contributed by atoms with Crippen LogP contribution < -0.4 is 0 Å². The molecule has 0 aromatic heterocycles. The highest BCUT2D eigenvalue weighted by atomic mass is 35.5. The van der Waals surface area contributed by atoms with Crippen molar-refractivity contribution in [2.75, 3.05) is 36.5 Å². The summed E-state index contributed by atoms with van der Waals surface area (Å²) in [6.07, 6.45) is 0. The molecule has 0 atom stereocenters. The van der Waals surface area contributed by atoms with Crippen LogP contribution in [0.25, 0.3) is 0 Å². The predicted octanol–water partition coefficient (Wildman–Crippen LogP) is 0.157. The topological polar surface area (TPSA) is 86.7 Å². The van der Waals surface area contributed by atoms with Gasteiger partial charge in [0.2, 0.25) is 0 Å². The summed E-state index contributed by atoms with van der Waals surface area (Å²) >= 11 is 10.4. The van der Waals surface area contributed by atoms with Gasteiger partial charge in [-0.15, -0.1) is 23.2 Å². The zero-order valence-electron chi connectivity index (χ0n) is 8.26. The van der Waals surface area contributed by atoms with Crippen molar-refractivity contribution >= 4 is 43.4 Å². The molecule has 0 aromatic rings. The molecule has 0 heterocycles. The second-order valence-electron chi connectivity index (χ2n) is 2.55. The maximum Gasteiger partial charge on any atom is 0.268 e. The van der Waals surface area contributed by atoms with Crippen molar-refractivity contribution in [1.82, 2.24) is 0 Å². The largest absolute Gasteiger partial charge is 0.269 e. The summed E-state index contributed by atoms with van der Waals surface area (Å²) in [4.78, 5) is 0. The lowest BCUT2D eigenvalue weighted by atomic mass is 10.9. The minimum atomic E-state index is -3.88. The second kappa shape index (κ2) is 7.67. The molecule has 98 valence electrons. The molecule has 0 aliphatic rings. The molecule has 0 saturated heterocycles. The summed E-state index contributed by atoms with van der Waals surface area (Å²) in [7, 11) is -7.76. The van der Waals surface area contributed by atoms with E-state index in [0.29, 0.717) is 0 Å². The summed E-state index contributed by atoms with van der Waals surface area (Å²) < 4.78 is 53.1. The first-order valence-corrected chi connectivity index (χ1v) is 8.41. The first kappa shape index (κ1) is 16.4. The number of hydrogen-bond donors (Lipinski definition) is 0. The van der Waals surface area contributed by atoms with Crippen LogP contribution in [0.15, 0.2) is 0 Å². The van der Waals surface area contributed by atoms with E-state index in [1.54, 1.807) is 0 Å². The first-order valence-electron chi connectivity index (χ1n) is 4.19. The molecule has 0 unspecified atom stereocenters. The average Bonchev–Trinajstić information content (AvgIpc) is 2.22. The lowest BCUT2D eigenvalue weighted by molar-refractivity contribution is 0.333. The Balaban J connectivity index is 4.13. The quantitative estimate of drug-likeness (QED) is 0.445. The van der Waals surface area contributed by atoms with Crippen LogP contribution in [0, 0.1) is 0 Å². The highest BCUT2D eigenvalue weighted by molar-refractivity contribution is 7.90. The Morgan fingerprint density at radius 1 is 0.750 bits per heavy atom. The zero-order chi connectivity index (χ0) is 12.7. The lowest BCUT2D eigenvalue weighted by Gasteiger charge is -2.05. The van der Waals surface area contributed by atoms with Gasteiger partial charge in [-0.2, -0.15) is 16.8 Å². The average molecular weight is 315 g/mol. The summed E-state index contributed by atoms with van der Waals surface area (Å²) in [6.45, 7) is -0.376. The van der Waals surface area contributed by atoms with Crippen LogP contribution >= 0.6 is 23.2 Å². The monoisotopic (exact) mass is 314 g/mol. The van der Waals surface area contributed by atoms with E-state index in [2.05, 4.69) is 8.37 Å². The fraction of sp³-hybridized carbons (Fsp3) is 1.00. The van der Waals surface area contributed by atoms with Crippen molar-refractivity contribution in [3.05, 3.63) is 0 Å². The summed E-state index contributed by atoms with van der Waals surface area (Å²) in [5.74, 6) is -1.33. The fourth-order valence-corrected chi connectivity index (χ4v) is 3.52. The smallest absolute Gasteiger partial charge is 0.268 e. The second-order valence-corrected chi connectivity index (χ2v) is 6.82. The summed E-state index contributed by atoms with van der Waals surface area (Å²) in [6, 6.07) is 0. The molecule has 16 heavy (non-hydrogen) atoms. The molecule has 0 rings (SSSR count). The van der Waals surface area contributed by atoms with E-state index >= 15 is 0 Å². The number of hydrogen-bond acceptors (Lipinski definition) is 6. The van der Waals surface area contributed by atoms with Crippen LogP contribution in [0.1, 0.15) is 0 Å². The third-order valence-electron chi connectivity index (χ3n) is 1.26. The van der Waals surface area contributed by atoms with Gasteiger partial charge >= 0.3 is 0 Å². The molecule has 0 fully saturated rings. The molecule has 10 heteroatoms. The Morgan fingerprint density at radius 2 is 1.06 bits per heavy atom. The molecule has 0 N–H and O–H groups in total. The highest BCUT2D eigenvalue weighted by Gasteiger charge is 2.18. The van der Waals surface area contributed by atoms with Gasteiger partial charge in [-0.25, -0.2) is 0 Å². The van der Waals surface area contributed by atoms with Crippen molar-refractivity contribution < 1.29 is 25.2 Å². The normalized spacial score (nSPS) is 12.9. The van der Waals surface area contributed by atoms with Gasteiger partial charge in [-0.05, 0) is 0 Å². The van der Waals surface area contributed by atoms with Crippen molar-refractivity contribution in [3.8, 4) is 0 Å². The molecule has 0 aromatic carbocycles. The van der Waals surface area contributed by atoms with E-state index in [1.165, 1.54) is 0 Å². The van der Waals surface area contributed by atoms with Gasteiger partial charge in [0.25, 0.3) is 20.2 Å². The molecule has 0 aliphatic carbocycles. The molecule has 6 nitrogen and oxygen atoms in total. The maximum atomic E-state index is 11.1. The van der Waals surface area contributed by atoms with E-state index in [1.807, 2.05) is 0 Å². The predicted molar refractivity (Wildman–Crippen MR) is 60.9 cm³/mol. The van der Waals surface area contributed by atoms with Crippen LogP contribution in [0.2, 0.25) is 0 Å². The molecular formula is C6H12Cl2O6S2. The summed E-state index contributed by atoms with van der Waals surface area (Å²) in [5.41, 5.74) is 0. The number of halogens is 2. The minimum Gasteiger partial charge on any atom is -0.269 e. The van der Waals surface area contributed by atoms with E-state index in [9.17, 15) is 16.8 Å². The van der Waals surface area contributed by atoms with Crippen LogP contribution in [-0.2, 0) is 28.6 Å². The Morgan fingerprint density at radius 3 is 1.31 bits per heavy atom. The van der Waals surface area contributed by atoms with E-state index in [-0.39, 0.29) is 25.0 Å². The van der Waals surface area contributed by atoms with E-state index in [4.69, 9.17) is 23.2 Å². The van der Waals surface area contributed by atoms with Crippen molar-refractivity contribution in [3.63, 3.8) is 0 Å². The van der Waals surface area contributed by atoms with Gasteiger partial charge in [-0.3, -0.25) is 8.37 Å². The fourth-order valence-electron chi connectivity index (χ4n) is 0.639. The SMILES string of the molecule is O=S(=O)(CCS(=O)(=O)OCCCl)OCCCl. The zero-order valence-corrected chi connectivity index (χ0v) is 11.4. The van der Waals surface area contributed by atoms with Crippen molar-refractivity contribution in [2.45, 2.75) is 0 Å². The molecule has 0 bridgehead atoms. The molecule has 0 saturated carbocycles. The first-order chi connectivity index (χ1) is 7.33. The van der Waals surface area contributed by atoms with Gasteiger partial charge < -0.3 is 0 Å². The third kappa shape index (κ3) is 8.54. The van der Waals surface area contributed by atoms with Crippen molar-refractivity contribution in [1.29, 1.82) is 0 Å². The molecule has 0 spiro atoms. The Hall–Kier alpha value is 0.400. The van der Waals surface area contributed by atoms with Crippen LogP contribution in [0.3, 0.4) is 0 Å². The minimum absolute atomic E-state index is 0.00866. The van der Waals surface area contributed by atoms with Gasteiger partial charge in [0.1, 0.15) is 0 Å². The molecule has 0 aliphatic heterocycles. The van der Waals surface area contributed by atoms with Crippen molar-refractivity contribution in [2.24, 2.45) is 0 Å². The standard InChI is InChI=1S/C6H12Cl2O6S2/c7-1-3-13-15(9,10)5-6-16(11,12)14-4-2-8/h1-6H2. The Kier molecular flexibility index (Phi) is 7.87. The third-order valence-corrected chi connectivity index (χ3v) is 4.29. The van der Waals surface area contributed by atoms with Crippen LogP contribution in [0.5, 0.6) is 0 Å². The van der Waals surface area contributed by atoms with Crippen LogP contribution in [0.4, 0.5) is 0 Å². The molecular weight excluding hydrogens is 303 g/mol. The number of alkyl halides is 2. The molecule has 0 radical (unpaired) electrons. The number of rotatable bonds is 9. The maximum absolute atomic E-state index is 11.1. The van der Waals surface area contributed by atoms with Gasteiger partial charge in [-0.1, -0.05) is 0 Å². The van der Waals surface area contributed by atoms with E-state index < -0.39 is 31.7 Å².